The van der Waals surface area contributed by atoms with Crippen LogP contribution < -0.4 is 9.62 Å². The summed E-state index contributed by atoms with van der Waals surface area (Å²) in [4.78, 5) is 4.10. The van der Waals surface area contributed by atoms with Crippen molar-refractivity contribution in [3.05, 3.63) is 18.3 Å². The van der Waals surface area contributed by atoms with Crippen LogP contribution in [0.1, 0.15) is 20.8 Å². The number of hydrogen-bond acceptors (Lipinski definition) is 4. The summed E-state index contributed by atoms with van der Waals surface area (Å²) < 4.78 is 24.8. The summed E-state index contributed by atoms with van der Waals surface area (Å²) >= 11 is 0. The Morgan fingerprint density at radius 3 is 2.24 bits per heavy atom. The molecule has 5 nitrogen and oxygen atoms in total. The van der Waals surface area contributed by atoms with E-state index in [9.17, 15) is 8.42 Å². The second-order valence-electron chi connectivity index (χ2n) is 4.74. The third kappa shape index (κ3) is 2.69. The van der Waals surface area contributed by atoms with Gasteiger partial charge in [0, 0.05) is 14.1 Å². The molecule has 0 unspecified atom stereocenters. The smallest absolute Gasteiger partial charge is 0.239 e. The van der Waals surface area contributed by atoms with Crippen molar-refractivity contribution in [3.8, 4) is 0 Å². The first kappa shape index (κ1) is 13.8. The predicted octanol–water partition coefficient (Wildman–Crippen LogP) is 1.69. The van der Waals surface area contributed by atoms with Crippen molar-refractivity contribution in [2.75, 3.05) is 23.7 Å². The molecule has 1 aromatic rings. The third-order valence-corrected chi connectivity index (χ3v) is 4.98. The summed E-state index contributed by atoms with van der Waals surface area (Å²) in [7, 11) is -0.0763. The fourth-order valence-electron chi connectivity index (χ4n) is 1.27. The number of sulfonamides is 1. The van der Waals surface area contributed by atoms with E-state index in [0.29, 0.717) is 11.5 Å². The number of nitrogens with zero attached hydrogens (tertiary/aromatic N) is 2. The van der Waals surface area contributed by atoms with Gasteiger partial charge in [-0.2, -0.15) is 0 Å². The van der Waals surface area contributed by atoms with Gasteiger partial charge in [0.15, 0.2) is 0 Å². The van der Waals surface area contributed by atoms with Crippen LogP contribution in [0.5, 0.6) is 0 Å². The summed E-state index contributed by atoms with van der Waals surface area (Å²) in [6, 6.07) is 3.46. The van der Waals surface area contributed by atoms with Crippen LogP contribution in [0.4, 0.5) is 11.5 Å². The van der Waals surface area contributed by atoms with E-state index in [0.717, 1.165) is 0 Å². The SMILES string of the molecule is CNc1ccc(N(C)S(=O)(=O)C(C)(C)C)cn1. The molecule has 0 aromatic carbocycles. The molecule has 0 saturated carbocycles. The molecule has 0 bridgehead atoms. The molecule has 17 heavy (non-hydrogen) atoms. The minimum absolute atomic E-state index is 0.555. The Balaban J connectivity index is 3.09. The summed E-state index contributed by atoms with van der Waals surface area (Å²) in [6.45, 7) is 5.02. The van der Waals surface area contributed by atoms with E-state index in [1.807, 2.05) is 0 Å². The molecule has 0 aliphatic carbocycles. The minimum atomic E-state index is -3.38. The Bertz CT molecular complexity index is 474. The zero-order valence-electron chi connectivity index (χ0n) is 10.9. The number of nitrogens with one attached hydrogen (secondary N) is 1. The molecule has 96 valence electrons. The van der Waals surface area contributed by atoms with Crippen LogP contribution >= 0.6 is 0 Å². The zero-order chi connectivity index (χ0) is 13.3. The Morgan fingerprint density at radius 2 is 1.88 bits per heavy atom. The van der Waals surface area contributed by atoms with Crippen molar-refractivity contribution in [1.29, 1.82) is 0 Å². The lowest BCUT2D eigenvalue weighted by Crippen LogP contribution is -2.40. The average Bonchev–Trinajstić information content (AvgIpc) is 2.26. The highest BCUT2D eigenvalue weighted by molar-refractivity contribution is 7.94. The van der Waals surface area contributed by atoms with Crippen LogP contribution in [0, 0.1) is 0 Å². The molecule has 0 aliphatic heterocycles. The lowest BCUT2D eigenvalue weighted by atomic mass is 10.3. The van der Waals surface area contributed by atoms with E-state index < -0.39 is 14.8 Å². The first-order valence-electron chi connectivity index (χ1n) is 5.32. The second-order valence-corrected chi connectivity index (χ2v) is 7.46. The highest BCUT2D eigenvalue weighted by Gasteiger charge is 2.33. The van der Waals surface area contributed by atoms with E-state index in [1.165, 1.54) is 17.5 Å². The molecule has 6 heteroatoms. The summed E-state index contributed by atoms with van der Waals surface area (Å²) in [5.74, 6) is 0.704. The molecule has 0 saturated heterocycles. The molecule has 1 N–H and O–H groups in total. The maximum absolute atomic E-state index is 12.2. The van der Waals surface area contributed by atoms with Crippen LogP contribution in [0.2, 0.25) is 0 Å². The van der Waals surface area contributed by atoms with Crippen molar-refractivity contribution < 1.29 is 8.42 Å². The van der Waals surface area contributed by atoms with Gasteiger partial charge in [-0.15, -0.1) is 0 Å². The topological polar surface area (TPSA) is 62.3 Å². The van der Waals surface area contributed by atoms with Crippen LogP contribution in [-0.2, 0) is 10.0 Å². The zero-order valence-corrected chi connectivity index (χ0v) is 11.7. The molecule has 0 amide bonds. The van der Waals surface area contributed by atoms with Gasteiger partial charge >= 0.3 is 0 Å². The summed E-state index contributed by atoms with van der Waals surface area (Å²) in [5.41, 5.74) is 0.555. The van der Waals surface area contributed by atoms with Crippen molar-refractivity contribution >= 4 is 21.5 Å². The van der Waals surface area contributed by atoms with Gasteiger partial charge in [-0.1, -0.05) is 0 Å². The average molecular weight is 257 g/mol. The largest absolute Gasteiger partial charge is 0.373 e. The molecule has 1 heterocycles. The van der Waals surface area contributed by atoms with E-state index in [-0.39, 0.29) is 0 Å². The first-order valence-corrected chi connectivity index (χ1v) is 6.76. The first-order chi connectivity index (χ1) is 7.70. The van der Waals surface area contributed by atoms with Crippen molar-refractivity contribution in [1.82, 2.24) is 4.98 Å². The molecule has 0 aliphatic rings. The molecule has 1 rings (SSSR count). The lowest BCUT2D eigenvalue weighted by Gasteiger charge is -2.28. The fourth-order valence-corrected chi connectivity index (χ4v) is 2.48. The molecular weight excluding hydrogens is 238 g/mol. The van der Waals surface area contributed by atoms with E-state index >= 15 is 0 Å². The standard InChI is InChI=1S/C11H19N3O2S/c1-11(2,3)17(15,16)14(5)9-6-7-10(12-4)13-8-9/h6-8H,1-5H3,(H,12,13). The molecule has 0 fully saturated rings. The van der Waals surface area contributed by atoms with Gasteiger partial charge in [-0.05, 0) is 32.9 Å². The van der Waals surface area contributed by atoms with Gasteiger partial charge in [-0.25, -0.2) is 13.4 Å². The quantitative estimate of drug-likeness (QED) is 0.895. The Hall–Kier alpha value is -1.30. The Kier molecular flexibility index (Phi) is 3.66. The number of anilines is 2. The molecule has 1 aromatic heterocycles. The molecule has 0 spiro atoms. The highest BCUT2D eigenvalue weighted by Crippen LogP contribution is 2.24. The van der Waals surface area contributed by atoms with Gasteiger partial charge in [0.2, 0.25) is 10.0 Å². The van der Waals surface area contributed by atoms with Crippen LogP contribution in [0.3, 0.4) is 0 Å². The highest BCUT2D eigenvalue weighted by atomic mass is 32.2. The summed E-state index contributed by atoms with van der Waals surface area (Å²) in [5, 5.41) is 2.88. The van der Waals surface area contributed by atoms with Crippen molar-refractivity contribution in [2.24, 2.45) is 0 Å². The van der Waals surface area contributed by atoms with Crippen molar-refractivity contribution in [2.45, 2.75) is 25.5 Å². The Labute approximate surface area is 103 Å². The van der Waals surface area contributed by atoms with Gasteiger partial charge in [0.25, 0.3) is 0 Å². The van der Waals surface area contributed by atoms with E-state index in [4.69, 9.17) is 0 Å². The minimum Gasteiger partial charge on any atom is -0.373 e. The number of hydrogen-bond donors (Lipinski definition) is 1. The maximum Gasteiger partial charge on any atom is 0.239 e. The normalized spacial score (nSPS) is 12.3. The number of aromatic nitrogens is 1. The number of pyridine rings is 1. The molecule has 0 atom stereocenters. The van der Waals surface area contributed by atoms with E-state index in [2.05, 4.69) is 10.3 Å². The monoisotopic (exact) mass is 257 g/mol. The van der Waals surface area contributed by atoms with Gasteiger partial charge in [0.1, 0.15) is 5.82 Å². The predicted molar refractivity (Wildman–Crippen MR) is 70.9 cm³/mol. The fraction of sp³-hybridized carbons (Fsp3) is 0.545. The van der Waals surface area contributed by atoms with Gasteiger partial charge < -0.3 is 5.32 Å². The van der Waals surface area contributed by atoms with E-state index in [1.54, 1.807) is 40.0 Å². The van der Waals surface area contributed by atoms with Gasteiger partial charge in [0.05, 0.1) is 16.6 Å². The maximum atomic E-state index is 12.2. The van der Waals surface area contributed by atoms with Crippen LogP contribution in [-0.4, -0.2) is 32.2 Å². The van der Waals surface area contributed by atoms with Crippen molar-refractivity contribution in [3.63, 3.8) is 0 Å². The second kappa shape index (κ2) is 4.52. The third-order valence-electron chi connectivity index (χ3n) is 2.50. The lowest BCUT2D eigenvalue weighted by molar-refractivity contribution is 0.558. The number of rotatable bonds is 3. The van der Waals surface area contributed by atoms with Gasteiger partial charge in [-0.3, -0.25) is 4.31 Å². The molecule has 0 radical (unpaired) electrons. The summed E-state index contributed by atoms with van der Waals surface area (Å²) in [6.07, 6.45) is 1.54. The Morgan fingerprint density at radius 1 is 1.29 bits per heavy atom. The van der Waals surface area contributed by atoms with Crippen LogP contribution in [0.25, 0.3) is 0 Å². The molecular formula is C11H19N3O2S. The van der Waals surface area contributed by atoms with Crippen LogP contribution in [0.15, 0.2) is 18.3 Å².